The van der Waals surface area contributed by atoms with Gasteiger partial charge in [-0.2, -0.15) is 0 Å². The molecule has 0 aliphatic rings. The molecule has 0 rings (SSSR count). The first-order valence-corrected chi connectivity index (χ1v) is 6.08. The number of hydrogen-bond donors (Lipinski definition) is 1. The molecule has 0 aromatic carbocycles. The third-order valence-electron chi connectivity index (χ3n) is 2.85. The SMILES string of the molecule is C/C=C(\C)CC/C=C(\C)C(O)CCCC. The normalized spacial score (nSPS) is 15.5. The Bertz CT molecular complexity index is 213. The fourth-order valence-corrected chi connectivity index (χ4v) is 1.43. The van der Waals surface area contributed by atoms with Crippen molar-refractivity contribution in [3.05, 3.63) is 23.3 Å². The second-order valence-electron chi connectivity index (χ2n) is 4.28. The molecule has 0 radical (unpaired) electrons. The van der Waals surface area contributed by atoms with Crippen LogP contribution < -0.4 is 0 Å². The topological polar surface area (TPSA) is 20.2 Å². The Balaban J connectivity index is 3.86. The smallest absolute Gasteiger partial charge is 0.0747 e. The van der Waals surface area contributed by atoms with Gasteiger partial charge in [-0.15, -0.1) is 0 Å². The zero-order valence-corrected chi connectivity index (χ0v) is 10.7. The van der Waals surface area contributed by atoms with Crippen LogP contribution in [0.15, 0.2) is 23.3 Å². The Morgan fingerprint density at radius 2 is 2.00 bits per heavy atom. The molecule has 1 N–H and O–H groups in total. The van der Waals surface area contributed by atoms with Crippen LogP contribution in [0.4, 0.5) is 0 Å². The van der Waals surface area contributed by atoms with Gasteiger partial charge in [-0.3, -0.25) is 0 Å². The van der Waals surface area contributed by atoms with Crippen molar-refractivity contribution < 1.29 is 5.11 Å². The molecule has 0 aromatic heterocycles. The monoisotopic (exact) mass is 210 g/mol. The molecule has 1 atom stereocenters. The number of hydrogen-bond acceptors (Lipinski definition) is 1. The van der Waals surface area contributed by atoms with Gasteiger partial charge in [0.25, 0.3) is 0 Å². The summed E-state index contributed by atoms with van der Waals surface area (Å²) >= 11 is 0. The van der Waals surface area contributed by atoms with Gasteiger partial charge < -0.3 is 5.11 Å². The molecule has 1 nitrogen and oxygen atoms in total. The molecule has 88 valence electrons. The minimum Gasteiger partial charge on any atom is -0.389 e. The Morgan fingerprint density at radius 3 is 2.53 bits per heavy atom. The molecule has 0 spiro atoms. The van der Waals surface area contributed by atoms with E-state index in [4.69, 9.17) is 0 Å². The van der Waals surface area contributed by atoms with Crippen LogP contribution in [0.2, 0.25) is 0 Å². The summed E-state index contributed by atoms with van der Waals surface area (Å²) in [4.78, 5) is 0. The van der Waals surface area contributed by atoms with E-state index in [0.717, 1.165) is 37.7 Å². The van der Waals surface area contributed by atoms with Gasteiger partial charge >= 0.3 is 0 Å². The van der Waals surface area contributed by atoms with E-state index in [0.29, 0.717) is 0 Å². The Labute approximate surface area is 94.9 Å². The highest BCUT2D eigenvalue weighted by molar-refractivity contribution is 5.06. The molecule has 0 aliphatic carbocycles. The average molecular weight is 210 g/mol. The van der Waals surface area contributed by atoms with E-state index in [1.165, 1.54) is 5.57 Å². The highest BCUT2D eigenvalue weighted by Gasteiger charge is 2.04. The maximum atomic E-state index is 9.79. The summed E-state index contributed by atoms with van der Waals surface area (Å²) in [6.45, 7) is 8.41. The van der Waals surface area contributed by atoms with Crippen LogP contribution in [-0.4, -0.2) is 11.2 Å². The van der Waals surface area contributed by atoms with E-state index in [1.807, 2.05) is 6.92 Å². The second kappa shape index (κ2) is 8.72. The number of allylic oxidation sites excluding steroid dienone is 3. The number of rotatable bonds is 7. The third kappa shape index (κ3) is 7.38. The van der Waals surface area contributed by atoms with Crippen molar-refractivity contribution in [3.8, 4) is 0 Å². The predicted molar refractivity (Wildman–Crippen MR) is 68.0 cm³/mol. The predicted octanol–water partition coefficient (Wildman–Crippen LogP) is 4.23. The van der Waals surface area contributed by atoms with Gasteiger partial charge in [-0.25, -0.2) is 0 Å². The lowest BCUT2D eigenvalue weighted by molar-refractivity contribution is 0.196. The lowest BCUT2D eigenvalue weighted by atomic mass is 10.0. The zero-order chi connectivity index (χ0) is 11.7. The number of unbranched alkanes of at least 4 members (excludes halogenated alkanes) is 1. The highest BCUT2D eigenvalue weighted by atomic mass is 16.3. The van der Waals surface area contributed by atoms with Crippen molar-refractivity contribution in [2.24, 2.45) is 0 Å². The van der Waals surface area contributed by atoms with Gasteiger partial charge in [-0.1, -0.05) is 37.5 Å². The summed E-state index contributed by atoms with van der Waals surface area (Å²) in [5.41, 5.74) is 2.55. The molecular formula is C14H26O. The summed E-state index contributed by atoms with van der Waals surface area (Å²) in [5, 5.41) is 9.79. The van der Waals surface area contributed by atoms with Gasteiger partial charge in [0.2, 0.25) is 0 Å². The minimum absolute atomic E-state index is 0.226. The lowest BCUT2D eigenvalue weighted by Gasteiger charge is -2.10. The van der Waals surface area contributed by atoms with E-state index >= 15 is 0 Å². The van der Waals surface area contributed by atoms with Gasteiger partial charge in [0.15, 0.2) is 0 Å². The van der Waals surface area contributed by atoms with Crippen molar-refractivity contribution >= 4 is 0 Å². The Kier molecular flexibility index (Phi) is 8.40. The van der Waals surface area contributed by atoms with Gasteiger partial charge in [-0.05, 0) is 45.6 Å². The highest BCUT2D eigenvalue weighted by Crippen LogP contribution is 2.12. The molecule has 0 heterocycles. The molecule has 0 aliphatic heterocycles. The molecule has 0 saturated heterocycles. The molecular weight excluding hydrogens is 184 g/mol. The molecule has 0 saturated carbocycles. The fourth-order valence-electron chi connectivity index (χ4n) is 1.43. The van der Waals surface area contributed by atoms with E-state index in [-0.39, 0.29) is 6.10 Å². The van der Waals surface area contributed by atoms with Crippen LogP contribution in [0.25, 0.3) is 0 Å². The number of aliphatic hydroxyl groups excluding tert-OH is 1. The quantitative estimate of drug-likeness (QED) is 0.623. The van der Waals surface area contributed by atoms with Crippen LogP contribution in [-0.2, 0) is 0 Å². The van der Waals surface area contributed by atoms with Crippen molar-refractivity contribution in [2.75, 3.05) is 0 Å². The standard InChI is InChI=1S/C14H26O/c1-5-7-11-14(15)13(4)10-8-9-12(3)6-2/h6,10,14-15H,5,7-9,11H2,1-4H3/b12-6+,13-10+. The molecule has 0 bridgehead atoms. The fraction of sp³-hybridized carbons (Fsp3) is 0.714. The summed E-state index contributed by atoms with van der Waals surface area (Å²) in [7, 11) is 0. The van der Waals surface area contributed by atoms with Gasteiger partial charge in [0.1, 0.15) is 0 Å². The Hall–Kier alpha value is -0.560. The second-order valence-corrected chi connectivity index (χ2v) is 4.28. The van der Waals surface area contributed by atoms with Crippen molar-refractivity contribution in [1.29, 1.82) is 0 Å². The maximum Gasteiger partial charge on any atom is 0.0747 e. The van der Waals surface area contributed by atoms with Crippen molar-refractivity contribution in [3.63, 3.8) is 0 Å². The molecule has 1 unspecified atom stereocenters. The van der Waals surface area contributed by atoms with Crippen LogP contribution in [0, 0.1) is 0 Å². The summed E-state index contributed by atoms with van der Waals surface area (Å²) in [6.07, 6.45) is 9.42. The van der Waals surface area contributed by atoms with E-state index in [1.54, 1.807) is 0 Å². The molecule has 0 aromatic rings. The zero-order valence-electron chi connectivity index (χ0n) is 10.7. The van der Waals surface area contributed by atoms with Gasteiger partial charge in [0, 0.05) is 0 Å². The summed E-state index contributed by atoms with van der Waals surface area (Å²) in [6, 6.07) is 0. The minimum atomic E-state index is -0.226. The summed E-state index contributed by atoms with van der Waals surface area (Å²) < 4.78 is 0. The largest absolute Gasteiger partial charge is 0.389 e. The first-order chi connectivity index (χ1) is 7.11. The van der Waals surface area contributed by atoms with E-state index < -0.39 is 0 Å². The van der Waals surface area contributed by atoms with Crippen LogP contribution >= 0.6 is 0 Å². The Morgan fingerprint density at radius 1 is 1.33 bits per heavy atom. The van der Waals surface area contributed by atoms with Gasteiger partial charge in [0.05, 0.1) is 6.10 Å². The van der Waals surface area contributed by atoms with E-state index in [9.17, 15) is 5.11 Å². The third-order valence-corrected chi connectivity index (χ3v) is 2.85. The van der Waals surface area contributed by atoms with E-state index in [2.05, 4.69) is 32.9 Å². The first-order valence-electron chi connectivity index (χ1n) is 6.08. The average Bonchev–Trinajstić information content (AvgIpc) is 2.25. The molecule has 0 fully saturated rings. The first kappa shape index (κ1) is 14.4. The maximum absolute atomic E-state index is 9.79. The number of aliphatic hydroxyl groups is 1. The molecule has 0 amide bonds. The van der Waals surface area contributed by atoms with Crippen molar-refractivity contribution in [2.45, 2.75) is 65.9 Å². The lowest BCUT2D eigenvalue weighted by Crippen LogP contribution is -2.07. The van der Waals surface area contributed by atoms with Crippen molar-refractivity contribution in [1.82, 2.24) is 0 Å². The molecule has 15 heavy (non-hydrogen) atoms. The van der Waals surface area contributed by atoms with Crippen LogP contribution in [0.1, 0.15) is 59.8 Å². The summed E-state index contributed by atoms with van der Waals surface area (Å²) in [5.74, 6) is 0. The van der Waals surface area contributed by atoms with Crippen LogP contribution in [0.3, 0.4) is 0 Å². The molecule has 1 heteroatoms. The van der Waals surface area contributed by atoms with Crippen LogP contribution in [0.5, 0.6) is 0 Å².